The molecule has 5 heteroatoms. The second-order valence-electron chi connectivity index (χ2n) is 5.15. The first-order chi connectivity index (χ1) is 11.3. The Morgan fingerprint density at radius 3 is 2.70 bits per heavy atom. The molecule has 1 rings (SSSR count). The monoisotopic (exact) mass is 321 g/mol. The van der Waals surface area contributed by atoms with Crippen LogP contribution in [0.3, 0.4) is 0 Å². The zero-order valence-corrected chi connectivity index (χ0v) is 14.7. The van der Waals surface area contributed by atoms with Crippen LogP contribution in [0, 0.1) is 0 Å². The Labute approximate surface area is 140 Å². The Morgan fingerprint density at radius 1 is 1.13 bits per heavy atom. The number of hydrogen-bond acceptors (Lipinski definition) is 3. The van der Waals surface area contributed by atoms with Crippen LogP contribution in [0.2, 0.25) is 0 Å². The van der Waals surface area contributed by atoms with Crippen molar-refractivity contribution in [2.45, 2.75) is 33.1 Å². The minimum atomic E-state index is 0.788. The Morgan fingerprint density at radius 2 is 1.96 bits per heavy atom. The molecule has 0 amide bonds. The van der Waals surface area contributed by atoms with Gasteiger partial charge in [-0.3, -0.25) is 4.99 Å². The van der Waals surface area contributed by atoms with Crippen molar-refractivity contribution >= 4 is 5.96 Å². The van der Waals surface area contributed by atoms with E-state index >= 15 is 0 Å². The van der Waals surface area contributed by atoms with E-state index in [4.69, 9.17) is 9.47 Å². The van der Waals surface area contributed by atoms with E-state index in [1.165, 1.54) is 5.56 Å². The Balaban J connectivity index is 2.34. The molecule has 0 aliphatic rings. The predicted octanol–water partition coefficient (Wildman–Crippen LogP) is 2.61. The van der Waals surface area contributed by atoms with Crippen LogP contribution < -0.4 is 15.4 Å². The molecule has 0 aliphatic heterocycles. The van der Waals surface area contributed by atoms with Gasteiger partial charge in [0.1, 0.15) is 5.75 Å². The number of benzene rings is 1. The molecule has 1 aromatic carbocycles. The van der Waals surface area contributed by atoms with Gasteiger partial charge in [-0.05, 0) is 44.7 Å². The van der Waals surface area contributed by atoms with Crippen LogP contribution in [-0.4, -0.2) is 45.9 Å². The summed E-state index contributed by atoms with van der Waals surface area (Å²) < 4.78 is 10.7. The number of para-hydroxylation sites is 1. The summed E-state index contributed by atoms with van der Waals surface area (Å²) in [7, 11) is 1.71. The minimum absolute atomic E-state index is 0.788. The summed E-state index contributed by atoms with van der Waals surface area (Å²) in [5.74, 6) is 1.81. The normalized spacial score (nSPS) is 11.3. The first-order valence-corrected chi connectivity index (χ1v) is 8.53. The van der Waals surface area contributed by atoms with Crippen LogP contribution in [0.25, 0.3) is 0 Å². The summed E-state index contributed by atoms with van der Waals surface area (Å²) in [4.78, 5) is 4.59. The van der Waals surface area contributed by atoms with E-state index in [0.717, 1.165) is 63.8 Å². The maximum absolute atomic E-state index is 5.38. The average Bonchev–Trinajstić information content (AvgIpc) is 2.58. The highest BCUT2D eigenvalue weighted by Crippen LogP contribution is 2.17. The van der Waals surface area contributed by atoms with Crippen molar-refractivity contribution in [2.24, 2.45) is 4.99 Å². The summed E-state index contributed by atoms with van der Waals surface area (Å²) in [6.07, 6.45) is 3.00. The van der Waals surface area contributed by atoms with E-state index in [2.05, 4.69) is 28.6 Å². The fourth-order valence-corrected chi connectivity index (χ4v) is 2.22. The van der Waals surface area contributed by atoms with Crippen molar-refractivity contribution in [3.63, 3.8) is 0 Å². The third kappa shape index (κ3) is 8.45. The van der Waals surface area contributed by atoms with Crippen molar-refractivity contribution in [3.05, 3.63) is 29.8 Å². The highest BCUT2D eigenvalue weighted by molar-refractivity contribution is 5.79. The second kappa shape index (κ2) is 12.8. The van der Waals surface area contributed by atoms with E-state index in [1.807, 2.05) is 25.1 Å². The lowest BCUT2D eigenvalue weighted by atomic mass is 10.1. The number of aliphatic imine (C=N–C) groups is 1. The molecular weight excluding hydrogens is 290 g/mol. The van der Waals surface area contributed by atoms with Crippen LogP contribution in [-0.2, 0) is 11.2 Å². The molecule has 0 saturated heterocycles. The number of ether oxygens (including phenoxy) is 2. The number of guanidine groups is 1. The van der Waals surface area contributed by atoms with Crippen LogP contribution in [0.4, 0.5) is 0 Å². The van der Waals surface area contributed by atoms with Crippen LogP contribution in [0.5, 0.6) is 5.75 Å². The molecule has 0 fully saturated rings. The fourth-order valence-electron chi connectivity index (χ4n) is 2.22. The molecule has 0 aliphatic carbocycles. The molecule has 23 heavy (non-hydrogen) atoms. The van der Waals surface area contributed by atoms with Gasteiger partial charge in [0.25, 0.3) is 0 Å². The third-order valence-electron chi connectivity index (χ3n) is 3.39. The highest BCUT2D eigenvalue weighted by Gasteiger charge is 2.02. The Kier molecular flexibility index (Phi) is 10.7. The Bertz CT molecular complexity index is 450. The van der Waals surface area contributed by atoms with Gasteiger partial charge in [0.05, 0.1) is 7.11 Å². The van der Waals surface area contributed by atoms with Crippen molar-refractivity contribution < 1.29 is 9.47 Å². The van der Waals surface area contributed by atoms with Gasteiger partial charge in [-0.1, -0.05) is 18.2 Å². The molecule has 0 bridgehead atoms. The molecule has 2 N–H and O–H groups in total. The van der Waals surface area contributed by atoms with Gasteiger partial charge in [0.2, 0.25) is 0 Å². The number of rotatable bonds is 11. The van der Waals surface area contributed by atoms with Gasteiger partial charge in [-0.15, -0.1) is 0 Å². The van der Waals surface area contributed by atoms with Crippen LogP contribution in [0.15, 0.2) is 29.3 Å². The minimum Gasteiger partial charge on any atom is -0.496 e. The highest BCUT2D eigenvalue weighted by atomic mass is 16.5. The predicted molar refractivity (Wildman–Crippen MR) is 96.4 cm³/mol. The molecule has 0 unspecified atom stereocenters. The maximum atomic E-state index is 5.38. The van der Waals surface area contributed by atoms with Gasteiger partial charge in [0.15, 0.2) is 5.96 Å². The fraction of sp³-hybridized carbons (Fsp3) is 0.611. The number of nitrogens with one attached hydrogen (secondary N) is 2. The molecule has 1 aromatic rings. The zero-order chi connectivity index (χ0) is 16.8. The van der Waals surface area contributed by atoms with Gasteiger partial charge >= 0.3 is 0 Å². The topological polar surface area (TPSA) is 54.9 Å². The molecule has 0 atom stereocenters. The lowest BCUT2D eigenvalue weighted by Crippen LogP contribution is -2.38. The average molecular weight is 321 g/mol. The van der Waals surface area contributed by atoms with Gasteiger partial charge < -0.3 is 20.1 Å². The summed E-state index contributed by atoms with van der Waals surface area (Å²) >= 11 is 0. The summed E-state index contributed by atoms with van der Waals surface area (Å²) in [6.45, 7) is 8.21. The molecule has 0 aromatic heterocycles. The molecule has 130 valence electrons. The molecular formula is C18H31N3O2. The first-order valence-electron chi connectivity index (χ1n) is 8.53. The third-order valence-corrected chi connectivity index (χ3v) is 3.39. The summed E-state index contributed by atoms with van der Waals surface area (Å²) in [6, 6.07) is 8.12. The SMILES string of the molecule is CCNC(=NCCCCOCC)NCCc1ccccc1OC. The molecule has 0 radical (unpaired) electrons. The zero-order valence-electron chi connectivity index (χ0n) is 14.7. The van der Waals surface area contributed by atoms with E-state index in [9.17, 15) is 0 Å². The number of nitrogens with zero attached hydrogens (tertiary/aromatic N) is 1. The van der Waals surface area contributed by atoms with Gasteiger partial charge in [-0.2, -0.15) is 0 Å². The van der Waals surface area contributed by atoms with E-state index < -0.39 is 0 Å². The number of unbranched alkanes of at least 4 members (excludes halogenated alkanes) is 1. The smallest absolute Gasteiger partial charge is 0.191 e. The Hall–Kier alpha value is -1.75. The summed E-state index contributed by atoms with van der Waals surface area (Å²) in [5.41, 5.74) is 1.20. The standard InChI is InChI=1S/C18H31N3O2/c1-4-19-18(20-13-8-9-15-23-5-2)21-14-12-16-10-6-7-11-17(16)22-3/h6-7,10-11H,4-5,8-9,12-15H2,1-3H3,(H2,19,20,21). The molecule has 0 heterocycles. The maximum Gasteiger partial charge on any atom is 0.191 e. The van der Waals surface area contributed by atoms with Crippen molar-refractivity contribution in [1.82, 2.24) is 10.6 Å². The number of hydrogen-bond donors (Lipinski definition) is 2. The van der Waals surface area contributed by atoms with E-state index in [0.29, 0.717) is 0 Å². The quantitative estimate of drug-likeness (QED) is 0.374. The van der Waals surface area contributed by atoms with Crippen molar-refractivity contribution in [2.75, 3.05) is 40.0 Å². The molecule has 5 nitrogen and oxygen atoms in total. The second-order valence-corrected chi connectivity index (χ2v) is 5.15. The largest absolute Gasteiger partial charge is 0.496 e. The first kappa shape index (κ1) is 19.3. The lowest BCUT2D eigenvalue weighted by molar-refractivity contribution is 0.144. The van der Waals surface area contributed by atoms with Crippen molar-refractivity contribution in [1.29, 1.82) is 0 Å². The number of methoxy groups -OCH3 is 1. The molecule has 0 spiro atoms. The van der Waals surface area contributed by atoms with Crippen LogP contribution >= 0.6 is 0 Å². The lowest BCUT2D eigenvalue weighted by Gasteiger charge is -2.12. The van der Waals surface area contributed by atoms with Crippen molar-refractivity contribution in [3.8, 4) is 5.75 Å². The van der Waals surface area contributed by atoms with Gasteiger partial charge in [0, 0.05) is 32.8 Å². The van der Waals surface area contributed by atoms with E-state index in [1.54, 1.807) is 7.11 Å². The molecule has 0 saturated carbocycles. The van der Waals surface area contributed by atoms with Crippen LogP contribution in [0.1, 0.15) is 32.3 Å². The summed E-state index contributed by atoms with van der Waals surface area (Å²) in [5, 5.41) is 6.65. The van der Waals surface area contributed by atoms with Gasteiger partial charge in [-0.25, -0.2) is 0 Å². The van der Waals surface area contributed by atoms with E-state index in [-0.39, 0.29) is 0 Å².